The van der Waals surface area contributed by atoms with Crippen LogP contribution in [0.3, 0.4) is 0 Å². The van der Waals surface area contributed by atoms with Gasteiger partial charge in [0.25, 0.3) is 0 Å². The first kappa shape index (κ1) is 13.5. The molecule has 0 aromatic heterocycles. The molecule has 0 amide bonds. The van der Waals surface area contributed by atoms with Gasteiger partial charge in [-0.05, 0) is 26.7 Å². The number of hydrogen-bond acceptors (Lipinski definition) is 1. The lowest BCUT2D eigenvalue weighted by molar-refractivity contribution is 0.588. The molecule has 0 rings (SSSR count). The summed E-state index contributed by atoms with van der Waals surface area (Å²) in [6.07, 6.45) is 10.8. The molecule has 0 aromatic carbocycles. The minimum atomic E-state index is 1.01. The van der Waals surface area contributed by atoms with Crippen molar-refractivity contribution in [1.82, 2.24) is 0 Å². The second kappa shape index (κ2) is 9.11. The molecule has 2 N–H and O–H groups in total. The summed E-state index contributed by atoms with van der Waals surface area (Å²) in [5.74, 6) is 0. The van der Waals surface area contributed by atoms with E-state index in [1.807, 2.05) is 6.92 Å². The second-order valence-electron chi connectivity index (χ2n) is 4.33. The van der Waals surface area contributed by atoms with Gasteiger partial charge in [0.05, 0.1) is 0 Å². The van der Waals surface area contributed by atoms with Gasteiger partial charge in [-0.15, -0.1) is 0 Å². The summed E-state index contributed by atoms with van der Waals surface area (Å²) in [5.41, 5.74) is 8.08. The van der Waals surface area contributed by atoms with Gasteiger partial charge >= 0.3 is 0 Å². The topological polar surface area (TPSA) is 26.0 Å². The van der Waals surface area contributed by atoms with Crippen LogP contribution < -0.4 is 5.73 Å². The highest BCUT2D eigenvalue weighted by atomic mass is 14.6. The number of allylic oxidation sites excluding steroid dienone is 2. The Balaban J connectivity index is 3.18. The highest BCUT2D eigenvalue weighted by molar-refractivity contribution is 5.04. The average Bonchev–Trinajstić information content (AvgIpc) is 2.16. The molecular formula is C13H27N. The van der Waals surface area contributed by atoms with Gasteiger partial charge in [-0.25, -0.2) is 0 Å². The predicted octanol–water partition coefficient (Wildman–Crippen LogP) is 4.38. The Kier molecular flexibility index (Phi) is 8.81. The SMILES string of the molecule is CCCCCCCCCC(C)=C(C)N. The second-order valence-corrected chi connectivity index (χ2v) is 4.33. The van der Waals surface area contributed by atoms with E-state index in [1.54, 1.807) is 0 Å². The van der Waals surface area contributed by atoms with Crippen molar-refractivity contribution >= 4 is 0 Å². The van der Waals surface area contributed by atoms with Gasteiger partial charge in [-0.2, -0.15) is 0 Å². The quantitative estimate of drug-likeness (QED) is 0.574. The van der Waals surface area contributed by atoms with Gasteiger partial charge in [0.2, 0.25) is 0 Å². The van der Waals surface area contributed by atoms with Crippen LogP contribution >= 0.6 is 0 Å². The summed E-state index contributed by atoms with van der Waals surface area (Å²) in [6.45, 7) is 6.40. The Morgan fingerprint density at radius 2 is 1.36 bits per heavy atom. The fourth-order valence-electron chi connectivity index (χ4n) is 1.54. The Hall–Kier alpha value is -0.460. The third-order valence-corrected chi connectivity index (χ3v) is 2.83. The van der Waals surface area contributed by atoms with Gasteiger partial charge in [0.15, 0.2) is 0 Å². The van der Waals surface area contributed by atoms with Crippen LogP contribution in [0, 0.1) is 0 Å². The van der Waals surface area contributed by atoms with Gasteiger partial charge < -0.3 is 5.73 Å². The molecule has 14 heavy (non-hydrogen) atoms. The summed E-state index contributed by atoms with van der Waals surface area (Å²) < 4.78 is 0. The lowest BCUT2D eigenvalue weighted by Crippen LogP contribution is -1.95. The molecule has 0 saturated carbocycles. The highest BCUT2D eigenvalue weighted by Gasteiger charge is 1.94. The number of nitrogens with two attached hydrogens (primary N) is 1. The molecule has 0 spiro atoms. The standard InChI is InChI=1S/C13H27N/c1-4-5-6-7-8-9-10-11-12(2)13(3)14/h4-11,14H2,1-3H3. The van der Waals surface area contributed by atoms with Crippen LogP contribution in [0.2, 0.25) is 0 Å². The molecule has 0 unspecified atom stereocenters. The van der Waals surface area contributed by atoms with Crippen LogP contribution in [0.5, 0.6) is 0 Å². The molecule has 0 aliphatic heterocycles. The van der Waals surface area contributed by atoms with Gasteiger partial charge in [-0.3, -0.25) is 0 Å². The summed E-state index contributed by atoms with van der Waals surface area (Å²) in [5, 5.41) is 0. The van der Waals surface area contributed by atoms with Crippen molar-refractivity contribution in [2.75, 3.05) is 0 Å². The van der Waals surface area contributed by atoms with Crippen LogP contribution in [-0.2, 0) is 0 Å². The maximum Gasteiger partial charge on any atom is 0.00379 e. The lowest BCUT2D eigenvalue weighted by atomic mass is 10.0. The van der Waals surface area contributed by atoms with E-state index in [0.29, 0.717) is 0 Å². The first-order chi connectivity index (χ1) is 6.68. The molecule has 0 fully saturated rings. The Morgan fingerprint density at radius 1 is 0.857 bits per heavy atom. The van der Waals surface area contributed by atoms with E-state index in [2.05, 4.69) is 13.8 Å². The minimum Gasteiger partial charge on any atom is -0.402 e. The monoisotopic (exact) mass is 197 g/mol. The smallest absolute Gasteiger partial charge is 0.00379 e. The zero-order chi connectivity index (χ0) is 10.8. The molecule has 1 nitrogen and oxygen atoms in total. The highest BCUT2D eigenvalue weighted by Crippen LogP contribution is 2.12. The number of rotatable bonds is 8. The molecule has 0 atom stereocenters. The van der Waals surface area contributed by atoms with Crippen molar-refractivity contribution in [3.8, 4) is 0 Å². The molecule has 1 heteroatoms. The largest absolute Gasteiger partial charge is 0.402 e. The van der Waals surface area contributed by atoms with E-state index < -0.39 is 0 Å². The third-order valence-electron chi connectivity index (χ3n) is 2.83. The Bertz CT molecular complexity index is 155. The molecule has 0 radical (unpaired) electrons. The average molecular weight is 197 g/mol. The molecule has 0 heterocycles. The minimum absolute atomic E-state index is 1.01. The maximum absolute atomic E-state index is 5.70. The zero-order valence-electron chi connectivity index (χ0n) is 10.2. The molecule has 0 aromatic rings. The van der Waals surface area contributed by atoms with Gasteiger partial charge in [0.1, 0.15) is 0 Å². The fraction of sp³-hybridized carbons (Fsp3) is 0.846. The van der Waals surface area contributed by atoms with E-state index in [1.165, 1.54) is 56.9 Å². The van der Waals surface area contributed by atoms with Crippen molar-refractivity contribution in [3.05, 3.63) is 11.3 Å². The first-order valence-corrected chi connectivity index (χ1v) is 6.10. The third kappa shape index (κ3) is 8.15. The summed E-state index contributed by atoms with van der Waals surface area (Å²) in [6, 6.07) is 0. The fourth-order valence-corrected chi connectivity index (χ4v) is 1.54. The Morgan fingerprint density at radius 3 is 1.86 bits per heavy atom. The van der Waals surface area contributed by atoms with Crippen LogP contribution in [0.25, 0.3) is 0 Å². The summed E-state index contributed by atoms with van der Waals surface area (Å²) >= 11 is 0. The molecule has 0 aliphatic carbocycles. The Labute approximate surface area is 89.8 Å². The molecular weight excluding hydrogens is 170 g/mol. The van der Waals surface area contributed by atoms with E-state index >= 15 is 0 Å². The number of hydrogen-bond donors (Lipinski definition) is 1. The lowest BCUT2D eigenvalue weighted by Gasteiger charge is -2.03. The van der Waals surface area contributed by atoms with Gasteiger partial charge in [-0.1, -0.05) is 51.0 Å². The summed E-state index contributed by atoms with van der Waals surface area (Å²) in [7, 11) is 0. The molecule has 0 aliphatic rings. The van der Waals surface area contributed by atoms with Crippen molar-refractivity contribution in [2.24, 2.45) is 5.73 Å². The van der Waals surface area contributed by atoms with Crippen molar-refractivity contribution in [1.29, 1.82) is 0 Å². The predicted molar refractivity (Wildman–Crippen MR) is 65.2 cm³/mol. The molecule has 0 bridgehead atoms. The molecule has 0 saturated heterocycles. The summed E-state index contributed by atoms with van der Waals surface area (Å²) in [4.78, 5) is 0. The molecule has 84 valence electrons. The van der Waals surface area contributed by atoms with E-state index in [0.717, 1.165) is 5.70 Å². The van der Waals surface area contributed by atoms with Crippen molar-refractivity contribution < 1.29 is 0 Å². The van der Waals surface area contributed by atoms with Crippen LogP contribution in [0.1, 0.15) is 72.1 Å². The van der Waals surface area contributed by atoms with Crippen LogP contribution in [0.15, 0.2) is 11.3 Å². The zero-order valence-corrected chi connectivity index (χ0v) is 10.2. The van der Waals surface area contributed by atoms with E-state index in [-0.39, 0.29) is 0 Å². The van der Waals surface area contributed by atoms with E-state index in [9.17, 15) is 0 Å². The maximum atomic E-state index is 5.70. The van der Waals surface area contributed by atoms with Gasteiger partial charge in [0, 0.05) is 5.70 Å². The normalized spacial score (nSPS) is 12.8. The first-order valence-electron chi connectivity index (χ1n) is 6.10. The number of unbranched alkanes of at least 4 members (excludes halogenated alkanes) is 6. The van der Waals surface area contributed by atoms with E-state index in [4.69, 9.17) is 5.73 Å². The van der Waals surface area contributed by atoms with Crippen LogP contribution in [-0.4, -0.2) is 0 Å². The van der Waals surface area contributed by atoms with Crippen molar-refractivity contribution in [2.45, 2.75) is 72.1 Å². The van der Waals surface area contributed by atoms with Crippen LogP contribution in [0.4, 0.5) is 0 Å². The van der Waals surface area contributed by atoms with Crippen molar-refractivity contribution in [3.63, 3.8) is 0 Å².